The van der Waals surface area contributed by atoms with Crippen LogP contribution >= 0.6 is 0 Å². The topological polar surface area (TPSA) is 64.7 Å². The van der Waals surface area contributed by atoms with E-state index in [0.29, 0.717) is 34.9 Å². The molecule has 0 radical (unpaired) electrons. The molecule has 0 saturated carbocycles. The van der Waals surface area contributed by atoms with Crippen molar-refractivity contribution in [1.29, 1.82) is 0 Å². The summed E-state index contributed by atoms with van der Waals surface area (Å²) in [6, 6.07) is 5.14. The zero-order valence-corrected chi connectivity index (χ0v) is 18.4. The molecule has 174 valence electrons. The Labute approximate surface area is 192 Å². The highest BCUT2D eigenvalue weighted by molar-refractivity contribution is 5.94. The Balaban J connectivity index is 1.40. The van der Waals surface area contributed by atoms with Crippen molar-refractivity contribution in [2.45, 2.75) is 31.3 Å². The lowest BCUT2D eigenvalue weighted by molar-refractivity contribution is 0.0635. The number of rotatable bonds is 3. The van der Waals surface area contributed by atoms with Gasteiger partial charge in [0.2, 0.25) is 0 Å². The van der Waals surface area contributed by atoms with Gasteiger partial charge in [-0.05, 0) is 37.5 Å². The molecule has 6 rings (SSSR count). The van der Waals surface area contributed by atoms with Gasteiger partial charge in [0.1, 0.15) is 17.1 Å². The number of halogens is 3. The SMILES string of the molecule is COc1ccn2c(C(=O)N3C4CCC3c3nn(C)c(-c5cc(F)c(F)c(F)c5)c3C4)cnc2c1. The second kappa shape index (κ2) is 7.34. The van der Waals surface area contributed by atoms with Gasteiger partial charge < -0.3 is 9.64 Å². The molecule has 0 N–H and O–H groups in total. The van der Waals surface area contributed by atoms with Crippen LogP contribution < -0.4 is 4.74 Å². The van der Waals surface area contributed by atoms with Gasteiger partial charge in [-0.1, -0.05) is 0 Å². The second-order valence-corrected chi connectivity index (χ2v) is 8.69. The van der Waals surface area contributed by atoms with Crippen molar-refractivity contribution in [3.8, 4) is 17.0 Å². The van der Waals surface area contributed by atoms with Crippen molar-refractivity contribution in [2.75, 3.05) is 7.11 Å². The normalized spacial score (nSPS) is 19.0. The van der Waals surface area contributed by atoms with E-state index in [1.165, 1.54) is 0 Å². The van der Waals surface area contributed by atoms with E-state index in [1.54, 1.807) is 47.8 Å². The third-order valence-electron chi connectivity index (χ3n) is 6.87. The van der Waals surface area contributed by atoms with Crippen molar-refractivity contribution in [2.24, 2.45) is 7.05 Å². The number of methoxy groups -OCH3 is 1. The van der Waals surface area contributed by atoms with Crippen molar-refractivity contribution < 1.29 is 22.7 Å². The zero-order chi connectivity index (χ0) is 23.7. The molecule has 2 unspecified atom stereocenters. The Hall–Kier alpha value is -3.82. The summed E-state index contributed by atoms with van der Waals surface area (Å²) >= 11 is 0. The monoisotopic (exact) mass is 467 g/mol. The van der Waals surface area contributed by atoms with Crippen LogP contribution in [0.1, 0.15) is 40.6 Å². The fourth-order valence-electron chi connectivity index (χ4n) is 5.39. The molecule has 1 amide bonds. The maximum Gasteiger partial charge on any atom is 0.273 e. The Kier molecular flexibility index (Phi) is 4.48. The lowest BCUT2D eigenvalue weighted by Gasteiger charge is -2.34. The van der Waals surface area contributed by atoms with Crippen molar-refractivity contribution >= 4 is 11.6 Å². The maximum absolute atomic E-state index is 13.9. The van der Waals surface area contributed by atoms with E-state index in [0.717, 1.165) is 30.5 Å². The minimum absolute atomic E-state index is 0.0908. The van der Waals surface area contributed by atoms with Crippen LogP contribution in [-0.4, -0.2) is 43.1 Å². The van der Waals surface area contributed by atoms with Gasteiger partial charge in [-0.2, -0.15) is 5.10 Å². The standard InChI is InChI=1S/C24H20F3N5O2/c1-30-23(12-7-16(25)21(27)17(26)8-12)15-9-13-3-4-18(22(15)29-30)32(13)24(33)19-11-28-20-10-14(34-2)5-6-31(19)20/h5-8,10-11,13,18H,3-4,9H2,1-2H3. The summed E-state index contributed by atoms with van der Waals surface area (Å²) in [6.45, 7) is 0. The molecule has 2 atom stereocenters. The number of carbonyl (C=O) groups is 1. The zero-order valence-electron chi connectivity index (χ0n) is 18.4. The Morgan fingerprint density at radius 3 is 2.65 bits per heavy atom. The summed E-state index contributed by atoms with van der Waals surface area (Å²) in [5.41, 5.74) is 3.36. The molecule has 7 nitrogen and oxygen atoms in total. The first kappa shape index (κ1) is 20.8. The first-order chi connectivity index (χ1) is 16.4. The number of pyridine rings is 1. The molecule has 34 heavy (non-hydrogen) atoms. The van der Waals surface area contributed by atoms with Crippen LogP contribution in [0.5, 0.6) is 5.75 Å². The van der Waals surface area contributed by atoms with Gasteiger partial charge in [0.15, 0.2) is 17.5 Å². The number of fused-ring (bicyclic) bond motifs is 5. The number of aryl methyl sites for hydroxylation is 1. The highest BCUT2D eigenvalue weighted by Gasteiger charge is 2.46. The first-order valence-electron chi connectivity index (χ1n) is 10.9. The van der Waals surface area contributed by atoms with E-state index in [-0.39, 0.29) is 23.6 Å². The summed E-state index contributed by atoms with van der Waals surface area (Å²) in [6.07, 6.45) is 5.32. The quantitative estimate of drug-likeness (QED) is 0.427. The third kappa shape index (κ3) is 2.87. The fraction of sp³-hybridized carbons (Fsp3) is 0.292. The lowest BCUT2D eigenvalue weighted by Crippen LogP contribution is -2.42. The Morgan fingerprint density at radius 2 is 1.91 bits per heavy atom. The minimum Gasteiger partial charge on any atom is -0.497 e. The van der Waals surface area contributed by atoms with E-state index in [2.05, 4.69) is 10.1 Å². The van der Waals surface area contributed by atoms with Gasteiger partial charge in [-0.15, -0.1) is 0 Å². The number of ether oxygens (including phenoxy) is 1. The van der Waals surface area contributed by atoms with Crippen LogP contribution in [0, 0.1) is 17.5 Å². The molecule has 0 spiro atoms. The molecule has 1 aromatic carbocycles. The maximum atomic E-state index is 13.9. The fourth-order valence-corrected chi connectivity index (χ4v) is 5.39. The van der Waals surface area contributed by atoms with Gasteiger partial charge in [0.05, 0.1) is 30.7 Å². The molecule has 2 aliphatic rings. The van der Waals surface area contributed by atoms with Crippen molar-refractivity contribution in [3.05, 3.63) is 71.1 Å². The van der Waals surface area contributed by atoms with Gasteiger partial charge in [0, 0.05) is 36.5 Å². The molecule has 10 heteroatoms. The molecule has 1 fully saturated rings. The van der Waals surface area contributed by atoms with Crippen LogP contribution in [-0.2, 0) is 13.5 Å². The van der Waals surface area contributed by atoms with E-state index in [4.69, 9.17) is 4.74 Å². The van der Waals surface area contributed by atoms with Crippen LogP contribution in [0.2, 0.25) is 0 Å². The van der Waals surface area contributed by atoms with Crippen LogP contribution in [0.3, 0.4) is 0 Å². The predicted molar refractivity (Wildman–Crippen MR) is 116 cm³/mol. The molecule has 0 aliphatic carbocycles. The van der Waals surface area contributed by atoms with Gasteiger partial charge in [-0.25, -0.2) is 18.2 Å². The van der Waals surface area contributed by atoms with Gasteiger partial charge in [0.25, 0.3) is 5.91 Å². The molecule has 1 saturated heterocycles. The molecule has 2 bridgehead atoms. The summed E-state index contributed by atoms with van der Waals surface area (Å²) in [5.74, 6) is -3.49. The second-order valence-electron chi connectivity index (χ2n) is 8.69. The summed E-state index contributed by atoms with van der Waals surface area (Å²) in [5, 5.41) is 4.63. The van der Waals surface area contributed by atoms with Gasteiger partial charge in [-0.3, -0.25) is 13.9 Å². The Morgan fingerprint density at radius 1 is 1.15 bits per heavy atom. The average Bonchev–Trinajstić information content (AvgIpc) is 3.49. The van der Waals surface area contributed by atoms with Crippen LogP contribution in [0.15, 0.2) is 36.7 Å². The number of hydrogen-bond donors (Lipinski definition) is 0. The Bertz CT molecular complexity index is 1450. The molecule has 5 heterocycles. The summed E-state index contributed by atoms with van der Waals surface area (Å²) in [4.78, 5) is 19.8. The largest absolute Gasteiger partial charge is 0.497 e. The summed E-state index contributed by atoms with van der Waals surface area (Å²) in [7, 11) is 3.25. The lowest BCUT2D eigenvalue weighted by atomic mass is 9.94. The molecule has 3 aromatic heterocycles. The van der Waals surface area contributed by atoms with E-state index in [1.807, 2.05) is 4.90 Å². The average molecular weight is 467 g/mol. The number of carbonyl (C=O) groups excluding carboxylic acids is 1. The smallest absolute Gasteiger partial charge is 0.273 e. The number of nitrogens with zero attached hydrogens (tertiary/aromatic N) is 5. The molecule has 4 aromatic rings. The van der Waals surface area contributed by atoms with Crippen molar-refractivity contribution in [1.82, 2.24) is 24.1 Å². The van der Waals surface area contributed by atoms with E-state index in [9.17, 15) is 18.0 Å². The first-order valence-corrected chi connectivity index (χ1v) is 10.9. The molecule has 2 aliphatic heterocycles. The van der Waals surface area contributed by atoms with E-state index >= 15 is 0 Å². The van der Waals surface area contributed by atoms with Crippen LogP contribution in [0.25, 0.3) is 16.9 Å². The van der Waals surface area contributed by atoms with E-state index < -0.39 is 17.5 Å². The highest BCUT2D eigenvalue weighted by atomic mass is 19.2. The number of imidazole rings is 1. The van der Waals surface area contributed by atoms with Crippen molar-refractivity contribution in [3.63, 3.8) is 0 Å². The van der Waals surface area contributed by atoms with Crippen LogP contribution in [0.4, 0.5) is 13.2 Å². The highest BCUT2D eigenvalue weighted by Crippen LogP contribution is 2.46. The number of amides is 1. The number of aromatic nitrogens is 4. The predicted octanol–water partition coefficient (Wildman–Crippen LogP) is 4.06. The molecular formula is C24H20F3N5O2. The number of hydrogen-bond acceptors (Lipinski definition) is 4. The number of benzene rings is 1. The third-order valence-corrected chi connectivity index (χ3v) is 6.87. The van der Waals surface area contributed by atoms with Gasteiger partial charge >= 0.3 is 0 Å². The summed E-state index contributed by atoms with van der Waals surface area (Å²) < 4.78 is 49.9. The minimum atomic E-state index is -1.50. The molecular weight excluding hydrogens is 447 g/mol.